The lowest BCUT2D eigenvalue weighted by Crippen LogP contribution is -2.53. The molecule has 0 bridgehead atoms. The predicted molar refractivity (Wildman–Crippen MR) is 74.5 cm³/mol. The van der Waals surface area contributed by atoms with Gasteiger partial charge < -0.3 is 16.0 Å². The molecular formula is C12H13Cl2N3O2. The van der Waals surface area contributed by atoms with Crippen LogP contribution in [0, 0.1) is 0 Å². The molecule has 1 aromatic rings. The molecule has 3 N–H and O–H groups in total. The number of rotatable bonds is 3. The summed E-state index contributed by atoms with van der Waals surface area (Å²) in [5.74, 6) is -0.442. The van der Waals surface area contributed by atoms with Gasteiger partial charge in [-0.25, -0.2) is 0 Å². The topological polar surface area (TPSA) is 70.2 Å². The van der Waals surface area contributed by atoms with Gasteiger partial charge in [0.1, 0.15) is 0 Å². The first-order chi connectivity index (χ1) is 9.06. The highest BCUT2D eigenvalue weighted by molar-refractivity contribution is 6.36. The summed E-state index contributed by atoms with van der Waals surface area (Å²) < 4.78 is 0. The molecular weight excluding hydrogens is 289 g/mol. The monoisotopic (exact) mass is 301 g/mol. The van der Waals surface area contributed by atoms with Gasteiger partial charge in [-0.1, -0.05) is 23.2 Å². The van der Waals surface area contributed by atoms with Crippen LogP contribution in [0.5, 0.6) is 0 Å². The third kappa shape index (κ3) is 3.83. The Morgan fingerprint density at radius 3 is 2.84 bits per heavy atom. The Hall–Kier alpha value is -1.30. The Balaban J connectivity index is 1.95. The normalized spacial score (nSPS) is 18.8. The molecule has 5 nitrogen and oxygen atoms in total. The summed E-state index contributed by atoms with van der Waals surface area (Å²) in [5.41, 5.74) is 0.479. The molecule has 2 amide bonds. The maximum atomic E-state index is 11.8. The Bertz CT molecular complexity index is 508. The first-order valence-electron chi connectivity index (χ1n) is 5.82. The standard InChI is InChI=1S/C12H13Cl2N3O2/c13-7-1-2-9(8(14)5-7)17-11(18)6-10-12(19)16-4-3-15-10/h1-2,5,10,15H,3-4,6H2,(H,16,19)(H,17,18)/t10-/m0/s1. The third-order valence-electron chi connectivity index (χ3n) is 2.73. The van der Waals surface area contributed by atoms with Gasteiger partial charge in [0.2, 0.25) is 11.8 Å². The third-order valence-corrected chi connectivity index (χ3v) is 3.27. The summed E-state index contributed by atoms with van der Waals surface area (Å²) >= 11 is 11.7. The van der Waals surface area contributed by atoms with Crippen molar-refractivity contribution in [1.29, 1.82) is 0 Å². The molecule has 1 fully saturated rings. The van der Waals surface area contributed by atoms with Crippen LogP contribution in [0.25, 0.3) is 0 Å². The van der Waals surface area contributed by atoms with Crippen molar-refractivity contribution in [3.63, 3.8) is 0 Å². The zero-order chi connectivity index (χ0) is 13.8. The molecule has 1 saturated heterocycles. The van der Waals surface area contributed by atoms with Crippen molar-refractivity contribution in [2.45, 2.75) is 12.5 Å². The number of hydrogen-bond acceptors (Lipinski definition) is 3. The number of carbonyl (C=O) groups is 2. The number of hydrogen-bond donors (Lipinski definition) is 3. The van der Waals surface area contributed by atoms with Gasteiger partial charge in [0.15, 0.2) is 0 Å². The van der Waals surface area contributed by atoms with Crippen molar-refractivity contribution in [3.05, 3.63) is 28.2 Å². The number of carbonyl (C=O) groups excluding carboxylic acids is 2. The van der Waals surface area contributed by atoms with Crippen molar-refractivity contribution in [2.24, 2.45) is 0 Å². The molecule has 2 rings (SSSR count). The van der Waals surface area contributed by atoms with Gasteiger partial charge >= 0.3 is 0 Å². The first kappa shape index (κ1) is 14.1. The quantitative estimate of drug-likeness (QED) is 0.790. The second-order valence-corrected chi connectivity index (χ2v) is 5.02. The van der Waals surface area contributed by atoms with Crippen LogP contribution >= 0.6 is 23.2 Å². The minimum atomic E-state index is -0.500. The lowest BCUT2D eigenvalue weighted by Gasteiger charge is -2.23. The molecule has 0 radical (unpaired) electrons. The summed E-state index contributed by atoms with van der Waals surface area (Å²) in [6.45, 7) is 1.24. The first-order valence-corrected chi connectivity index (χ1v) is 6.58. The largest absolute Gasteiger partial charge is 0.353 e. The van der Waals surface area contributed by atoms with Crippen LogP contribution in [0.2, 0.25) is 10.0 Å². The van der Waals surface area contributed by atoms with Crippen LogP contribution in [-0.2, 0) is 9.59 Å². The van der Waals surface area contributed by atoms with Gasteiger partial charge in [-0.3, -0.25) is 9.59 Å². The fourth-order valence-corrected chi connectivity index (χ4v) is 2.25. The molecule has 1 aromatic carbocycles. The lowest BCUT2D eigenvalue weighted by atomic mass is 10.1. The molecule has 1 aliphatic rings. The van der Waals surface area contributed by atoms with Crippen LogP contribution in [0.15, 0.2) is 18.2 Å². The van der Waals surface area contributed by atoms with Crippen molar-refractivity contribution in [1.82, 2.24) is 10.6 Å². The van der Waals surface area contributed by atoms with E-state index in [9.17, 15) is 9.59 Å². The van der Waals surface area contributed by atoms with Crippen LogP contribution in [-0.4, -0.2) is 30.9 Å². The Morgan fingerprint density at radius 1 is 1.37 bits per heavy atom. The van der Waals surface area contributed by atoms with Gasteiger partial charge in [0, 0.05) is 18.1 Å². The number of halogens is 2. The van der Waals surface area contributed by atoms with Gasteiger partial charge in [0.25, 0.3) is 0 Å². The van der Waals surface area contributed by atoms with E-state index in [1.807, 2.05) is 0 Å². The molecule has 0 saturated carbocycles. The Labute approximate surface area is 120 Å². The SMILES string of the molecule is O=C(C[C@@H]1NCCNC1=O)Nc1ccc(Cl)cc1Cl. The minimum Gasteiger partial charge on any atom is -0.353 e. The zero-order valence-electron chi connectivity index (χ0n) is 10.0. The second-order valence-electron chi connectivity index (χ2n) is 4.17. The summed E-state index contributed by atoms with van der Waals surface area (Å²) in [5, 5.41) is 9.19. The smallest absolute Gasteiger partial charge is 0.237 e. The number of anilines is 1. The molecule has 1 heterocycles. The number of piperazine rings is 1. The van der Waals surface area contributed by atoms with Crippen LogP contribution in [0.1, 0.15) is 6.42 Å². The van der Waals surface area contributed by atoms with Crippen LogP contribution in [0.4, 0.5) is 5.69 Å². The molecule has 102 valence electrons. The average molecular weight is 302 g/mol. The highest BCUT2D eigenvalue weighted by Crippen LogP contribution is 2.25. The van der Waals surface area contributed by atoms with E-state index in [1.165, 1.54) is 0 Å². The van der Waals surface area contributed by atoms with E-state index in [1.54, 1.807) is 18.2 Å². The van der Waals surface area contributed by atoms with E-state index in [2.05, 4.69) is 16.0 Å². The van der Waals surface area contributed by atoms with Crippen molar-refractivity contribution < 1.29 is 9.59 Å². The molecule has 0 aliphatic carbocycles. The fourth-order valence-electron chi connectivity index (χ4n) is 1.79. The summed E-state index contributed by atoms with van der Waals surface area (Å²) in [6.07, 6.45) is 0.0603. The predicted octanol–water partition coefficient (Wildman–Crippen LogP) is 1.41. The second kappa shape index (κ2) is 6.23. The summed E-state index contributed by atoms with van der Waals surface area (Å²) in [4.78, 5) is 23.3. The fraction of sp³-hybridized carbons (Fsp3) is 0.333. The summed E-state index contributed by atoms with van der Waals surface area (Å²) in [7, 11) is 0. The van der Waals surface area contributed by atoms with Gasteiger partial charge in [-0.05, 0) is 18.2 Å². The molecule has 0 aromatic heterocycles. The maximum Gasteiger partial charge on any atom is 0.237 e. The molecule has 7 heteroatoms. The average Bonchev–Trinajstić information content (AvgIpc) is 2.36. The van der Waals surface area contributed by atoms with Crippen molar-refractivity contribution >= 4 is 40.7 Å². The van der Waals surface area contributed by atoms with Crippen molar-refractivity contribution in [2.75, 3.05) is 18.4 Å². The maximum absolute atomic E-state index is 11.8. The highest BCUT2D eigenvalue weighted by Gasteiger charge is 2.24. The number of amides is 2. The van der Waals surface area contributed by atoms with E-state index in [0.717, 1.165) is 0 Å². The van der Waals surface area contributed by atoms with Gasteiger partial charge in [-0.15, -0.1) is 0 Å². The van der Waals surface area contributed by atoms with Gasteiger partial charge in [0.05, 0.1) is 23.2 Å². The molecule has 1 aliphatic heterocycles. The van der Waals surface area contributed by atoms with E-state index >= 15 is 0 Å². The van der Waals surface area contributed by atoms with Crippen molar-refractivity contribution in [3.8, 4) is 0 Å². The summed E-state index contributed by atoms with van der Waals surface area (Å²) in [6, 6.07) is 4.30. The Morgan fingerprint density at radius 2 is 2.16 bits per heavy atom. The molecule has 0 unspecified atom stereocenters. The van der Waals surface area contributed by atoms with E-state index in [0.29, 0.717) is 28.8 Å². The Kier molecular flexibility index (Phi) is 4.63. The van der Waals surface area contributed by atoms with Gasteiger partial charge in [-0.2, -0.15) is 0 Å². The molecule has 0 spiro atoms. The zero-order valence-corrected chi connectivity index (χ0v) is 11.5. The minimum absolute atomic E-state index is 0.0603. The molecule has 1 atom stereocenters. The van der Waals surface area contributed by atoms with E-state index in [4.69, 9.17) is 23.2 Å². The highest BCUT2D eigenvalue weighted by atomic mass is 35.5. The van der Waals surface area contributed by atoms with Crippen LogP contribution < -0.4 is 16.0 Å². The van der Waals surface area contributed by atoms with Crippen LogP contribution in [0.3, 0.4) is 0 Å². The molecule has 19 heavy (non-hydrogen) atoms. The van der Waals surface area contributed by atoms with E-state index in [-0.39, 0.29) is 18.2 Å². The number of nitrogens with one attached hydrogen (secondary N) is 3. The van der Waals surface area contributed by atoms with E-state index < -0.39 is 6.04 Å². The lowest BCUT2D eigenvalue weighted by molar-refractivity contribution is -0.127. The number of benzene rings is 1.